The molecule has 0 radical (unpaired) electrons. The van der Waals surface area contributed by atoms with Gasteiger partial charge in [-0.15, -0.1) is 0 Å². The molecule has 0 bridgehead atoms. The average Bonchev–Trinajstić information content (AvgIpc) is 2.81. The van der Waals surface area contributed by atoms with Crippen LogP contribution in [0.2, 0.25) is 0 Å². The van der Waals surface area contributed by atoms with E-state index in [9.17, 15) is 5.21 Å². The summed E-state index contributed by atoms with van der Waals surface area (Å²) in [5.41, 5.74) is 4.26. The molecule has 5 heteroatoms. The van der Waals surface area contributed by atoms with Crippen LogP contribution in [0.4, 0.5) is 11.4 Å². The lowest BCUT2D eigenvalue weighted by Gasteiger charge is -2.33. The summed E-state index contributed by atoms with van der Waals surface area (Å²) in [5, 5.41) is 9.29. The summed E-state index contributed by atoms with van der Waals surface area (Å²) < 4.78 is 0. The second kappa shape index (κ2) is 8.36. The summed E-state index contributed by atoms with van der Waals surface area (Å²) in [4.78, 5) is 5.11. The van der Waals surface area contributed by atoms with Gasteiger partial charge in [0.1, 0.15) is 0 Å². The average molecular weight is 307 g/mol. The minimum absolute atomic E-state index is 0. The summed E-state index contributed by atoms with van der Waals surface area (Å²) in [7, 11) is 0. The van der Waals surface area contributed by atoms with Crippen molar-refractivity contribution in [1.29, 1.82) is 0 Å². The van der Waals surface area contributed by atoms with E-state index < -0.39 is 0 Å². The molecule has 5 nitrogen and oxygen atoms in total. The highest BCUT2D eigenvalue weighted by Crippen LogP contribution is 2.28. The fraction of sp³-hybridized carbons (Fsp3) is 0.647. The molecule has 1 aromatic rings. The topological polar surface area (TPSA) is 70.2 Å². The lowest BCUT2D eigenvalue weighted by Crippen LogP contribution is -2.39. The van der Waals surface area contributed by atoms with Crippen LogP contribution in [-0.2, 0) is 0 Å². The van der Waals surface area contributed by atoms with Crippen LogP contribution >= 0.6 is 0 Å². The van der Waals surface area contributed by atoms with Gasteiger partial charge in [0, 0.05) is 32.2 Å². The molecule has 1 aromatic carbocycles. The normalized spacial score (nSPS) is 21.0. The second-order valence-electron chi connectivity index (χ2n) is 6.30. The predicted molar refractivity (Wildman–Crippen MR) is 90.7 cm³/mol. The third-order valence-electron chi connectivity index (χ3n) is 4.99. The number of nitrogens with zero attached hydrogens (tertiary/aromatic N) is 2. The largest absolute Gasteiger partial charge is 0.412 e. The van der Waals surface area contributed by atoms with Gasteiger partial charge < -0.3 is 10.4 Å². The van der Waals surface area contributed by atoms with E-state index in [1.165, 1.54) is 45.1 Å². The van der Waals surface area contributed by atoms with Gasteiger partial charge in [-0.25, -0.2) is 0 Å². The van der Waals surface area contributed by atoms with Crippen LogP contribution in [-0.4, -0.2) is 47.8 Å². The number of para-hydroxylation sites is 2. The molecular weight excluding hydrogens is 278 g/mol. The Hall–Kier alpha value is -1.30. The zero-order valence-electron chi connectivity index (χ0n) is 13.3. The molecule has 0 atom stereocenters. The first-order chi connectivity index (χ1) is 10.4. The van der Waals surface area contributed by atoms with Gasteiger partial charge in [-0.1, -0.05) is 31.4 Å². The van der Waals surface area contributed by atoms with Crippen LogP contribution < -0.4 is 10.4 Å². The Morgan fingerprint density at radius 2 is 1.68 bits per heavy atom. The lowest BCUT2D eigenvalue weighted by atomic mass is 9.94. The number of hydrogen-bond donors (Lipinski definition) is 2. The first kappa shape index (κ1) is 17.1. The Bertz CT molecular complexity index is 449. The molecule has 1 aliphatic carbocycles. The molecule has 1 saturated carbocycles. The third kappa shape index (κ3) is 3.91. The smallest absolute Gasteiger partial charge is 0.0835 e. The van der Waals surface area contributed by atoms with E-state index in [1.54, 1.807) is 0 Å². The van der Waals surface area contributed by atoms with Gasteiger partial charge in [-0.2, -0.15) is 0 Å². The molecule has 1 heterocycles. The Kier molecular flexibility index (Phi) is 6.49. The molecule has 124 valence electrons. The number of nitrogens with one attached hydrogen (secondary N) is 1. The Morgan fingerprint density at radius 3 is 2.45 bits per heavy atom. The summed E-state index contributed by atoms with van der Waals surface area (Å²) in [6, 6.07) is 8.83. The Morgan fingerprint density at radius 1 is 0.909 bits per heavy atom. The molecule has 2 aliphatic rings. The van der Waals surface area contributed by atoms with Crippen molar-refractivity contribution < 1.29 is 10.7 Å². The van der Waals surface area contributed by atoms with Crippen LogP contribution in [0.25, 0.3) is 0 Å². The fourth-order valence-corrected chi connectivity index (χ4v) is 3.83. The van der Waals surface area contributed by atoms with Gasteiger partial charge in [0.2, 0.25) is 0 Å². The van der Waals surface area contributed by atoms with Gasteiger partial charge >= 0.3 is 0 Å². The predicted octanol–water partition coefficient (Wildman–Crippen LogP) is 2.51. The molecule has 22 heavy (non-hydrogen) atoms. The Labute approximate surface area is 133 Å². The maximum absolute atomic E-state index is 9.29. The number of rotatable bonds is 3. The quantitative estimate of drug-likeness (QED) is 0.842. The maximum Gasteiger partial charge on any atom is 0.0835 e. The van der Waals surface area contributed by atoms with Crippen molar-refractivity contribution >= 4 is 11.4 Å². The van der Waals surface area contributed by atoms with Crippen molar-refractivity contribution in [3.63, 3.8) is 0 Å². The van der Waals surface area contributed by atoms with E-state index >= 15 is 0 Å². The highest BCUT2D eigenvalue weighted by molar-refractivity contribution is 5.69. The molecule has 2 fully saturated rings. The summed E-state index contributed by atoms with van der Waals surface area (Å²) >= 11 is 0. The highest BCUT2D eigenvalue weighted by Gasteiger charge is 2.24. The van der Waals surface area contributed by atoms with Crippen molar-refractivity contribution in [2.24, 2.45) is 0 Å². The number of hydrogen-bond acceptors (Lipinski definition) is 4. The molecule has 0 spiro atoms. The molecule has 0 unspecified atom stereocenters. The lowest BCUT2D eigenvalue weighted by molar-refractivity contribution is 0.166. The van der Waals surface area contributed by atoms with E-state index in [1.807, 2.05) is 18.2 Å². The van der Waals surface area contributed by atoms with Crippen LogP contribution in [0.5, 0.6) is 0 Å². The molecule has 4 N–H and O–H groups in total. The number of anilines is 2. The molecular formula is C17H29N3O2. The van der Waals surface area contributed by atoms with E-state index in [0.29, 0.717) is 0 Å². The van der Waals surface area contributed by atoms with Crippen molar-refractivity contribution in [2.45, 2.75) is 44.6 Å². The van der Waals surface area contributed by atoms with Crippen molar-refractivity contribution in [1.82, 2.24) is 4.90 Å². The van der Waals surface area contributed by atoms with Crippen molar-refractivity contribution in [3.05, 3.63) is 24.3 Å². The highest BCUT2D eigenvalue weighted by atomic mass is 16.5. The minimum Gasteiger partial charge on any atom is -0.412 e. The maximum atomic E-state index is 9.29. The van der Waals surface area contributed by atoms with Crippen molar-refractivity contribution in [2.75, 3.05) is 36.6 Å². The minimum atomic E-state index is 0. The summed E-state index contributed by atoms with van der Waals surface area (Å²) in [6.45, 7) is 4.48. The first-order valence-electron chi connectivity index (χ1n) is 8.36. The Balaban J connectivity index is 0.00000176. The standard InChI is InChI=1S/C17H27N3O.H2O/c21-18-16-9-4-5-10-17(16)20-12-6-11-19(13-14-20)15-7-2-1-3-8-15;/h4-5,9-10,15,18,21H,1-3,6-8,11-14H2;1H2. The van der Waals surface area contributed by atoms with E-state index in [0.717, 1.165) is 37.1 Å². The van der Waals surface area contributed by atoms with E-state index in [4.69, 9.17) is 0 Å². The SMILES string of the molecule is O.ONc1ccccc1N1CCCN(C2CCCCC2)CC1. The zero-order valence-corrected chi connectivity index (χ0v) is 13.3. The van der Waals surface area contributed by atoms with Gasteiger partial charge in [0.15, 0.2) is 0 Å². The van der Waals surface area contributed by atoms with E-state index in [2.05, 4.69) is 21.3 Å². The van der Waals surface area contributed by atoms with Crippen LogP contribution in [0.3, 0.4) is 0 Å². The van der Waals surface area contributed by atoms with E-state index in [-0.39, 0.29) is 5.48 Å². The van der Waals surface area contributed by atoms with Gasteiger partial charge in [0.05, 0.1) is 11.4 Å². The summed E-state index contributed by atoms with van der Waals surface area (Å²) in [5.74, 6) is 0. The van der Waals surface area contributed by atoms with Crippen LogP contribution in [0.1, 0.15) is 38.5 Å². The van der Waals surface area contributed by atoms with Gasteiger partial charge in [-0.3, -0.25) is 15.6 Å². The monoisotopic (exact) mass is 307 g/mol. The van der Waals surface area contributed by atoms with Gasteiger partial charge in [0.25, 0.3) is 0 Å². The van der Waals surface area contributed by atoms with Crippen molar-refractivity contribution in [3.8, 4) is 0 Å². The fourth-order valence-electron chi connectivity index (χ4n) is 3.83. The summed E-state index contributed by atoms with van der Waals surface area (Å²) in [6.07, 6.45) is 8.20. The molecule has 3 rings (SSSR count). The molecule has 0 amide bonds. The molecule has 1 aliphatic heterocycles. The zero-order chi connectivity index (χ0) is 14.5. The van der Waals surface area contributed by atoms with Crippen LogP contribution in [0, 0.1) is 0 Å². The molecule has 0 aromatic heterocycles. The third-order valence-corrected chi connectivity index (χ3v) is 4.99. The van der Waals surface area contributed by atoms with Gasteiger partial charge in [-0.05, 0) is 31.4 Å². The molecule has 1 saturated heterocycles. The first-order valence-corrected chi connectivity index (χ1v) is 8.36. The van der Waals surface area contributed by atoms with Crippen LogP contribution in [0.15, 0.2) is 24.3 Å². The second-order valence-corrected chi connectivity index (χ2v) is 6.30. The number of benzene rings is 1.